The Hall–Kier alpha value is 0.708. The van der Waals surface area contributed by atoms with Crippen molar-refractivity contribution in [1.82, 2.24) is 0 Å². The standard InChI is InChI=1S/C36H80O4Si4/c1-9-13-17-21-25-29-33-43(34-30-26-22-18-14-10-2)38-41(5,6)37-42(7,8)39-44(40-43,35-31-27-23-19-15-11-3)36-32-28-24-20-16-12-4/h9-36H2,1-8H3. The molecule has 0 aromatic rings. The van der Waals surface area contributed by atoms with Crippen molar-refractivity contribution in [3.8, 4) is 0 Å². The van der Waals surface area contributed by atoms with Gasteiger partial charge in [0.25, 0.3) is 0 Å². The predicted octanol–water partition coefficient (Wildman–Crippen LogP) is 13.8. The molecular formula is C36H80O4Si4. The third-order valence-corrected chi connectivity index (χ3v) is 27.7. The molecule has 1 aliphatic rings. The summed E-state index contributed by atoms with van der Waals surface area (Å²) in [5.74, 6) is 0. The number of hydrogen-bond donors (Lipinski definition) is 0. The van der Waals surface area contributed by atoms with Gasteiger partial charge in [-0.2, -0.15) is 0 Å². The minimum Gasteiger partial charge on any atom is -0.416 e. The highest BCUT2D eigenvalue weighted by atomic mass is 28.5. The number of rotatable bonds is 28. The van der Waals surface area contributed by atoms with Crippen molar-refractivity contribution in [2.75, 3.05) is 0 Å². The molecule has 0 bridgehead atoms. The molecule has 4 nitrogen and oxygen atoms in total. The summed E-state index contributed by atoms with van der Waals surface area (Å²) in [5, 5.41) is 0. The third-order valence-electron chi connectivity index (χ3n) is 9.37. The second-order valence-electron chi connectivity index (χ2n) is 15.1. The smallest absolute Gasteiger partial charge is 0.320 e. The summed E-state index contributed by atoms with van der Waals surface area (Å²) in [7, 11) is -9.76. The molecule has 0 radical (unpaired) electrons. The molecule has 264 valence electrons. The van der Waals surface area contributed by atoms with Crippen LogP contribution in [0.2, 0.25) is 50.4 Å². The molecule has 0 aromatic heterocycles. The zero-order valence-corrected chi connectivity index (χ0v) is 35.4. The van der Waals surface area contributed by atoms with Gasteiger partial charge in [-0.25, -0.2) is 0 Å². The summed E-state index contributed by atoms with van der Waals surface area (Å²) in [6.45, 7) is 18.4. The quantitative estimate of drug-likeness (QED) is 0.0605. The van der Waals surface area contributed by atoms with Gasteiger partial charge in [0.1, 0.15) is 0 Å². The van der Waals surface area contributed by atoms with Gasteiger partial charge in [0.15, 0.2) is 0 Å². The lowest BCUT2D eigenvalue weighted by molar-refractivity contribution is 0.218. The fraction of sp³-hybridized carbons (Fsp3) is 1.00. The Bertz CT molecular complexity index is 591. The van der Waals surface area contributed by atoms with Gasteiger partial charge in [-0.15, -0.1) is 0 Å². The monoisotopic (exact) mass is 689 g/mol. The van der Waals surface area contributed by atoms with Gasteiger partial charge in [0.05, 0.1) is 0 Å². The molecular weight excluding hydrogens is 609 g/mol. The molecule has 1 aliphatic heterocycles. The molecule has 0 aromatic carbocycles. The van der Waals surface area contributed by atoms with Crippen LogP contribution in [0.15, 0.2) is 0 Å². The molecule has 0 unspecified atom stereocenters. The van der Waals surface area contributed by atoms with Gasteiger partial charge in [0.2, 0.25) is 0 Å². The van der Waals surface area contributed by atoms with E-state index in [0.717, 1.165) is 24.2 Å². The zero-order chi connectivity index (χ0) is 32.6. The van der Waals surface area contributed by atoms with Crippen molar-refractivity contribution in [3.63, 3.8) is 0 Å². The minimum atomic E-state index is -2.50. The SMILES string of the molecule is CCCCCCCC[Si]1(CCCCCCCC)O[Si](C)(C)O[Si](C)(C)O[Si](CCCCCCCC)(CCCCCCCC)O1. The van der Waals surface area contributed by atoms with E-state index in [1.54, 1.807) is 0 Å². The van der Waals surface area contributed by atoms with E-state index in [2.05, 4.69) is 53.9 Å². The first-order chi connectivity index (χ1) is 21.1. The first kappa shape index (κ1) is 42.7. The van der Waals surface area contributed by atoms with Crippen LogP contribution < -0.4 is 0 Å². The van der Waals surface area contributed by atoms with Gasteiger partial charge in [-0.1, -0.05) is 182 Å². The molecule has 0 atom stereocenters. The topological polar surface area (TPSA) is 36.9 Å². The number of hydrogen-bond acceptors (Lipinski definition) is 4. The number of unbranched alkanes of at least 4 members (excludes halogenated alkanes) is 20. The first-order valence-electron chi connectivity index (χ1n) is 19.9. The highest BCUT2D eigenvalue weighted by molar-refractivity contribution is 6.93. The van der Waals surface area contributed by atoms with Crippen LogP contribution in [0.3, 0.4) is 0 Å². The highest BCUT2D eigenvalue weighted by Crippen LogP contribution is 2.41. The predicted molar refractivity (Wildman–Crippen MR) is 204 cm³/mol. The molecule has 0 N–H and O–H groups in total. The summed E-state index contributed by atoms with van der Waals surface area (Å²) >= 11 is 0. The Morgan fingerprint density at radius 3 is 0.750 bits per heavy atom. The highest BCUT2D eigenvalue weighted by Gasteiger charge is 2.56. The lowest BCUT2D eigenvalue weighted by atomic mass is 10.1. The van der Waals surface area contributed by atoms with E-state index < -0.39 is 34.2 Å². The molecule has 44 heavy (non-hydrogen) atoms. The van der Waals surface area contributed by atoms with Crippen molar-refractivity contribution in [1.29, 1.82) is 0 Å². The lowest BCUT2D eigenvalue weighted by Crippen LogP contribution is -2.67. The molecule has 0 saturated carbocycles. The fourth-order valence-corrected chi connectivity index (χ4v) is 31.0. The fourth-order valence-electron chi connectivity index (χ4n) is 7.27. The molecule has 1 heterocycles. The van der Waals surface area contributed by atoms with Crippen LogP contribution in [-0.2, 0) is 16.5 Å². The van der Waals surface area contributed by atoms with Crippen LogP contribution in [0.1, 0.15) is 182 Å². The van der Waals surface area contributed by atoms with Crippen molar-refractivity contribution >= 4 is 34.2 Å². The van der Waals surface area contributed by atoms with Gasteiger partial charge < -0.3 is 16.5 Å². The van der Waals surface area contributed by atoms with Crippen molar-refractivity contribution in [2.45, 2.75) is 232 Å². The van der Waals surface area contributed by atoms with E-state index in [4.69, 9.17) is 16.5 Å². The lowest BCUT2D eigenvalue weighted by Gasteiger charge is -2.51. The molecule has 0 aliphatic carbocycles. The van der Waals surface area contributed by atoms with Crippen LogP contribution in [0.4, 0.5) is 0 Å². The van der Waals surface area contributed by atoms with E-state index in [0.29, 0.717) is 0 Å². The Balaban J connectivity index is 3.28. The largest absolute Gasteiger partial charge is 0.416 e. The first-order valence-corrected chi connectivity index (χ1v) is 30.0. The van der Waals surface area contributed by atoms with Crippen LogP contribution in [0.5, 0.6) is 0 Å². The normalized spacial score (nSPS) is 19.1. The van der Waals surface area contributed by atoms with E-state index in [-0.39, 0.29) is 0 Å². The maximum atomic E-state index is 7.87. The summed E-state index contributed by atoms with van der Waals surface area (Å²) in [6, 6.07) is 4.56. The average Bonchev–Trinajstić information content (AvgIpc) is 2.94. The van der Waals surface area contributed by atoms with Gasteiger partial charge >= 0.3 is 34.2 Å². The van der Waals surface area contributed by atoms with Gasteiger partial charge in [-0.3, -0.25) is 0 Å². The molecule has 1 saturated heterocycles. The Morgan fingerprint density at radius 1 is 0.273 bits per heavy atom. The maximum Gasteiger partial charge on any atom is 0.320 e. The summed E-state index contributed by atoms with van der Waals surface area (Å²) in [4.78, 5) is 0. The van der Waals surface area contributed by atoms with Crippen molar-refractivity contribution in [2.24, 2.45) is 0 Å². The van der Waals surface area contributed by atoms with Crippen LogP contribution in [0.25, 0.3) is 0 Å². The van der Waals surface area contributed by atoms with Crippen LogP contribution in [0, 0.1) is 0 Å². The second-order valence-corrected chi connectivity index (χ2v) is 29.6. The van der Waals surface area contributed by atoms with E-state index in [9.17, 15) is 0 Å². The summed E-state index contributed by atoms with van der Waals surface area (Å²) < 4.78 is 29.8. The molecule has 1 fully saturated rings. The van der Waals surface area contributed by atoms with Crippen molar-refractivity contribution < 1.29 is 16.5 Å². The van der Waals surface area contributed by atoms with E-state index >= 15 is 0 Å². The van der Waals surface area contributed by atoms with Gasteiger partial charge in [-0.05, 0) is 50.4 Å². The van der Waals surface area contributed by atoms with Crippen LogP contribution >= 0.6 is 0 Å². The average molecular weight is 689 g/mol. The third kappa shape index (κ3) is 20.2. The van der Waals surface area contributed by atoms with E-state index in [1.807, 2.05) is 0 Å². The molecule has 0 amide bonds. The summed E-state index contributed by atoms with van der Waals surface area (Å²) in [6.07, 6.45) is 31.8. The zero-order valence-electron chi connectivity index (χ0n) is 31.4. The van der Waals surface area contributed by atoms with Crippen molar-refractivity contribution in [3.05, 3.63) is 0 Å². The summed E-state index contributed by atoms with van der Waals surface area (Å²) in [5.41, 5.74) is 0. The molecule has 8 heteroatoms. The van der Waals surface area contributed by atoms with E-state index in [1.165, 1.54) is 154 Å². The minimum absolute atomic E-state index is 1.14. The Labute approximate surface area is 281 Å². The molecule has 0 spiro atoms. The Kier molecular flexibility index (Phi) is 24.1. The van der Waals surface area contributed by atoms with Gasteiger partial charge in [0, 0.05) is 0 Å². The van der Waals surface area contributed by atoms with Crippen LogP contribution in [-0.4, -0.2) is 34.2 Å². The maximum absolute atomic E-state index is 7.87. The second kappa shape index (κ2) is 24.8. The molecule has 1 rings (SSSR count). The Morgan fingerprint density at radius 2 is 0.500 bits per heavy atom.